The molecule has 128 valence electrons. The van der Waals surface area contributed by atoms with Gasteiger partial charge in [-0.25, -0.2) is 0 Å². The number of rotatable bonds is 9. The quantitative estimate of drug-likeness (QED) is 0.547. The fourth-order valence-corrected chi connectivity index (χ4v) is 2.34. The minimum absolute atomic E-state index is 0.209. The molecule has 5 nitrogen and oxygen atoms in total. The first-order valence-electron chi connectivity index (χ1n) is 7.64. The number of carboxylic acid groups (broad SMARTS) is 1. The van der Waals surface area contributed by atoms with Gasteiger partial charge in [0.15, 0.2) is 5.92 Å². The van der Waals surface area contributed by atoms with Crippen molar-refractivity contribution in [2.24, 2.45) is 5.92 Å². The lowest BCUT2D eigenvalue weighted by molar-refractivity contribution is -0.162. The molecule has 0 aliphatic heterocycles. The third-order valence-electron chi connectivity index (χ3n) is 3.66. The summed E-state index contributed by atoms with van der Waals surface area (Å²) < 4.78 is 10.4. The van der Waals surface area contributed by atoms with E-state index >= 15 is 0 Å². The Morgan fingerprint density at radius 2 is 2.04 bits per heavy atom. The first kappa shape index (κ1) is 19.3. The summed E-state index contributed by atoms with van der Waals surface area (Å²) >= 11 is 5.97. The first-order chi connectivity index (χ1) is 10.9. The van der Waals surface area contributed by atoms with Gasteiger partial charge in [-0.05, 0) is 56.4 Å². The van der Waals surface area contributed by atoms with Gasteiger partial charge in [-0.3, -0.25) is 9.59 Å². The monoisotopic (exact) mass is 342 g/mol. The Balaban J connectivity index is 2.65. The van der Waals surface area contributed by atoms with Crippen molar-refractivity contribution in [1.29, 1.82) is 0 Å². The molecule has 1 aromatic carbocycles. The summed E-state index contributed by atoms with van der Waals surface area (Å²) in [6.45, 7) is 3.62. The summed E-state index contributed by atoms with van der Waals surface area (Å²) in [6.07, 6.45) is 1.67. The van der Waals surface area contributed by atoms with Crippen LogP contribution in [0.3, 0.4) is 0 Å². The molecule has 0 radical (unpaired) electrons. The van der Waals surface area contributed by atoms with Gasteiger partial charge in [-0.1, -0.05) is 18.5 Å². The molecular weight excluding hydrogens is 320 g/mol. The number of esters is 1. The molecule has 0 aliphatic rings. The van der Waals surface area contributed by atoms with Crippen LogP contribution in [-0.2, 0) is 20.7 Å². The molecule has 2 unspecified atom stereocenters. The van der Waals surface area contributed by atoms with Crippen molar-refractivity contribution in [2.75, 3.05) is 7.11 Å². The van der Waals surface area contributed by atoms with Crippen LogP contribution >= 0.6 is 11.6 Å². The van der Waals surface area contributed by atoms with Crippen molar-refractivity contribution in [3.63, 3.8) is 0 Å². The highest BCUT2D eigenvalue weighted by atomic mass is 35.5. The number of methoxy groups -OCH3 is 1. The number of hydrogen-bond donors (Lipinski definition) is 1. The van der Waals surface area contributed by atoms with Crippen molar-refractivity contribution < 1.29 is 24.2 Å². The maximum absolute atomic E-state index is 11.9. The molecule has 0 fully saturated rings. The normalized spacial score (nSPS) is 13.2. The molecule has 0 aromatic heterocycles. The molecule has 1 N–H and O–H groups in total. The molecule has 0 amide bonds. The maximum Gasteiger partial charge on any atom is 0.320 e. The molecule has 0 bridgehead atoms. The van der Waals surface area contributed by atoms with Crippen molar-refractivity contribution in [3.05, 3.63) is 28.8 Å². The van der Waals surface area contributed by atoms with Crippen LogP contribution in [-0.4, -0.2) is 30.3 Å². The zero-order valence-corrected chi connectivity index (χ0v) is 14.4. The third kappa shape index (κ3) is 6.10. The van der Waals surface area contributed by atoms with Crippen molar-refractivity contribution in [3.8, 4) is 5.75 Å². The highest BCUT2D eigenvalue weighted by Crippen LogP contribution is 2.25. The van der Waals surface area contributed by atoms with Crippen LogP contribution in [0.4, 0.5) is 0 Å². The number of carbonyl (C=O) groups excluding carboxylic acids is 1. The lowest BCUT2D eigenvalue weighted by atomic mass is 9.99. The maximum atomic E-state index is 11.9. The van der Waals surface area contributed by atoms with Crippen LogP contribution in [0.1, 0.15) is 38.7 Å². The van der Waals surface area contributed by atoms with Gasteiger partial charge in [0.1, 0.15) is 5.75 Å². The summed E-state index contributed by atoms with van der Waals surface area (Å²) in [4.78, 5) is 23.2. The van der Waals surface area contributed by atoms with E-state index in [1.165, 1.54) is 0 Å². The molecule has 23 heavy (non-hydrogen) atoms. The summed E-state index contributed by atoms with van der Waals surface area (Å²) in [6, 6.07) is 5.28. The van der Waals surface area contributed by atoms with Gasteiger partial charge < -0.3 is 14.6 Å². The number of aliphatic carboxylic acids is 1. The number of halogens is 1. The van der Waals surface area contributed by atoms with Gasteiger partial charge in [0.2, 0.25) is 0 Å². The lowest BCUT2D eigenvalue weighted by Crippen LogP contribution is -2.28. The SMILES string of the molecule is CCC(C)OC(=O)C(CCCc1cc(Cl)ccc1OC)C(=O)O. The lowest BCUT2D eigenvalue weighted by Gasteiger charge is -2.16. The van der Waals surface area contributed by atoms with Crippen molar-refractivity contribution >= 4 is 23.5 Å². The molecule has 0 heterocycles. The summed E-state index contributed by atoms with van der Waals surface area (Å²) in [7, 11) is 1.57. The Hall–Kier alpha value is -1.75. The number of carbonyl (C=O) groups is 2. The highest BCUT2D eigenvalue weighted by Gasteiger charge is 2.28. The second-order valence-corrected chi connectivity index (χ2v) is 5.83. The van der Waals surface area contributed by atoms with Crippen LogP contribution in [0.5, 0.6) is 5.75 Å². The van der Waals surface area contributed by atoms with Crippen LogP contribution in [0.2, 0.25) is 5.02 Å². The fourth-order valence-electron chi connectivity index (χ4n) is 2.15. The Morgan fingerprint density at radius 3 is 2.61 bits per heavy atom. The van der Waals surface area contributed by atoms with E-state index in [9.17, 15) is 14.7 Å². The summed E-state index contributed by atoms with van der Waals surface area (Å²) in [5.41, 5.74) is 0.888. The van der Waals surface area contributed by atoms with Gasteiger partial charge in [0, 0.05) is 5.02 Å². The number of ether oxygens (including phenoxy) is 2. The van der Waals surface area contributed by atoms with E-state index < -0.39 is 17.9 Å². The molecule has 2 atom stereocenters. The average Bonchev–Trinajstić information content (AvgIpc) is 2.51. The minimum atomic E-state index is -1.16. The van der Waals surface area contributed by atoms with Crippen molar-refractivity contribution in [1.82, 2.24) is 0 Å². The van der Waals surface area contributed by atoms with Crippen LogP contribution in [0.15, 0.2) is 18.2 Å². The minimum Gasteiger partial charge on any atom is -0.496 e. The zero-order valence-electron chi connectivity index (χ0n) is 13.7. The molecule has 0 aliphatic carbocycles. The summed E-state index contributed by atoms with van der Waals surface area (Å²) in [5, 5.41) is 9.81. The van der Waals surface area contributed by atoms with Gasteiger partial charge in [-0.15, -0.1) is 0 Å². The Kier molecular flexibility index (Phi) is 7.89. The average molecular weight is 343 g/mol. The number of carboxylic acids is 1. The van der Waals surface area contributed by atoms with E-state index in [2.05, 4.69) is 0 Å². The number of benzene rings is 1. The Labute approximate surface area is 141 Å². The largest absolute Gasteiger partial charge is 0.496 e. The van der Waals surface area contributed by atoms with Crippen LogP contribution < -0.4 is 4.74 Å². The molecule has 0 spiro atoms. The Bertz CT molecular complexity index is 544. The van der Waals surface area contributed by atoms with Gasteiger partial charge >= 0.3 is 11.9 Å². The molecule has 1 aromatic rings. The summed E-state index contributed by atoms with van der Waals surface area (Å²) in [5.74, 6) is -2.28. The Morgan fingerprint density at radius 1 is 1.35 bits per heavy atom. The molecule has 0 saturated carbocycles. The van der Waals surface area contributed by atoms with Gasteiger partial charge in [-0.2, -0.15) is 0 Å². The van der Waals surface area contributed by atoms with Gasteiger partial charge in [0.25, 0.3) is 0 Å². The topological polar surface area (TPSA) is 72.8 Å². The van der Waals surface area contributed by atoms with E-state index in [-0.39, 0.29) is 12.5 Å². The second-order valence-electron chi connectivity index (χ2n) is 5.39. The second kappa shape index (κ2) is 9.40. The smallest absolute Gasteiger partial charge is 0.320 e. The molecular formula is C17H23ClO5. The van der Waals surface area contributed by atoms with Crippen LogP contribution in [0, 0.1) is 5.92 Å². The third-order valence-corrected chi connectivity index (χ3v) is 3.89. The fraction of sp³-hybridized carbons (Fsp3) is 0.529. The van der Waals surface area contributed by atoms with Gasteiger partial charge in [0.05, 0.1) is 13.2 Å². The molecule has 1 rings (SSSR count). The molecule has 0 saturated heterocycles. The number of aryl methyl sites for hydroxylation is 1. The predicted molar refractivity (Wildman–Crippen MR) is 87.9 cm³/mol. The first-order valence-corrected chi connectivity index (χ1v) is 8.02. The van der Waals surface area contributed by atoms with E-state index in [4.69, 9.17) is 21.1 Å². The van der Waals surface area contributed by atoms with E-state index in [0.29, 0.717) is 30.0 Å². The number of hydrogen-bond acceptors (Lipinski definition) is 4. The van der Waals surface area contributed by atoms with Crippen LogP contribution in [0.25, 0.3) is 0 Å². The van der Waals surface area contributed by atoms with E-state index in [1.54, 1.807) is 32.2 Å². The molecule has 6 heteroatoms. The van der Waals surface area contributed by atoms with E-state index in [0.717, 1.165) is 5.56 Å². The standard InChI is InChI=1S/C17H23ClO5/c1-4-11(2)23-17(21)14(16(19)20)7-5-6-12-10-13(18)8-9-15(12)22-3/h8-11,14H,4-7H2,1-3H3,(H,19,20). The van der Waals surface area contributed by atoms with E-state index in [1.807, 2.05) is 6.92 Å². The van der Waals surface area contributed by atoms with Crippen molar-refractivity contribution in [2.45, 2.75) is 45.6 Å². The highest BCUT2D eigenvalue weighted by molar-refractivity contribution is 6.30. The zero-order chi connectivity index (χ0) is 17.4. The predicted octanol–water partition coefficient (Wildman–Crippen LogP) is 3.71.